The molecule has 23 heavy (non-hydrogen) atoms. The summed E-state index contributed by atoms with van der Waals surface area (Å²) in [6.07, 6.45) is 0. The summed E-state index contributed by atoms with van der Waals surface area (Å²) in [5.41, 5.74) is -0.572. The van der Waals surface area contributed by atoms with Crippen molar-refractivity contribution in [3.8, 4) is 0 Å². The number of fused-ring (bicyclic) bond motifs is 1. The zero-order valence-corrected chi connectivity index (χ0v) is 18.2. The Hall–Kier alpha value is -0.0500. The van der Waals surface area contributed by atoms with Gasteiger partial charge in [-0.1, -0.05) is 27.7 Å². The van der Waals surface area contributed by atoms with Crippen molar-refractivity contribution in [3.63, 3.8) is 0 Å². The number of hydrogen-bond acceptors (Lipinski definition) is 5. The first-order valence-electron chi connectivity index (χ1n) is 7.30. The predicted octanol–water partition coefficient (Wildman–Crippen LogP) is 2.03. The Bertz CT molecular complexity index is 806. The second kappa shape index (κ2) is 8.36. The third-order valence-electron chi connectivity index (χ3n) is 3.24. The quantitative estimate of drug-likeness (QED) is 0.650. The molecule has 0 unspecified atom stereocenters. The Balaban J connectivity index is 0.00000264. The van der Waals surface area contributed by atoms with Gasteiger partial charge in [0.25, 0.3) is 5.56 Å². The number of aromatic nitrogens is 2. The maximum absolute atomic E-state index is 12.6. The second-order valence-corrected chi connectivity index (χ2v) is 8.68. The maximum Gasteiger partial charge on any atom is 0.331 e. The third kappa shape index (κ3) is 4.14. The largest absolute Gasteiger partial charge is 0.391 e. The number of thiophene rings is 1. The number of aliphatic hydroxyl groups is 1. The topological polar surface area (TPSA) is 64.2 Å². The molecular formula is C15H22N2NaO3S2. The van der Waals surface area contributed by atoms with E-state index in [4.69, 9.17) is 0 Å². The van der Waals surface area contributed by atoms with Gasteiger partial charge in [0.2, 0.25) is 0 Å². The first kappa shape index (κ1) is 21.0. The molecule has 0 fully saturated rings. The fourth-order valence-corrected chi connectivity index (χ4v) is 4.69. The number of nitrogens with zero attached hydrogens (tertiary/aromatic N) is 2. The summed E-state index contributed by atoms with van der Waals surface area (Å²) in [5.74, 6) is 0.291. The van der Waals surface area contributed by atoms with E-state index in [-0.39, 0.29) is 47.4 Å². The summed E-state index contributed by atoms with van der Waals surface area (Å²) in [5, 5.41) is 10.5. The Morgan fingerprint density at radius 1 is 1.22 bits per heavy atom. The Morgan fingerprint density at radius 3 is 2.30 bits per heavy atom. The molecule has 8 heteroatoms. The van der Waals surface area contributed by atoms with Crippen LogP contribution in [-0.2, 0) is 20.2 Å². The van der Waals surface area contributed by atoms with Crippen molar-refractivity contribution >= 4 is 62.9 Å². The Labute approximate surface area is 166 Å². The van der Waals surface area contributed by atoms with Gasteiger partial charge < -0.3 is 5.11 Å². The molecule has 1 N–H and O–H groups in total. The van der Waals surface area contributed by atoms with Crippen molar-refractivity contribution in [2.75, 3.05) is 0 Å². The van der Waals surface area contributed by atoms with Gasteiger partial charge in [-0.25, -0.2) is 4.79 Å². The van der Waals surface area contributed by atoms with Crippen LogP contribution in [0.5, 0.6) is 0 Å². The zero-order valence-electron chi connectivity index (χ0n) is 14.5. The molecule has 0 saturated carbocycles. The van der Waals surface area contributed by atoms with E-state index < -0.39 is 0 Å². The molecule has 0 spiro atoms. The third-order valence-corrected chi connectivity index (χ3v) is 5.72. The molecule has 123 valence electrons. The van der Waals surface area contributed by atoms with Crippen molar-refractivity contribution in [1.82, 2.24) is 9.13 Å². The molecule has 0 aliphatic heterocycles. The van der Waals surface area contributed by atoms with Crippen LogP contribution in [0.2, 0.25) is 0 Å². The van der Waals surface area contributed by atoms with E-state index in [1.807, 2.05) is 27.7 Å². The van der Waals surface area contributed by atoms with Crippen molar-refractivity contribution in [3.05, 3.63) is 25.7 Å². The van der Waals surface area contributed by atoms with Gasteiger partial charge in [0.15, 0.2) is 0 Å². The standard InChI is InChI=1S/C15H22N2O3S2.Na/c1-8(2)6-17-14-11(13(19)16(5)15(17)20)12(21-9(3)4)10(7-18)22-14;/h8-9,18H,6-7H2,1-5H3;. The molecule has 0 aliphatic rings. The molecule has 2 rings (SSSR count). The van der Waals surface area contributed by atoms with E-state index in [1.54, 1.807) is 16.3 Å². The zero-order chi connectivity index (χ0) is 16.6. The molecule has 0 aliphatic carbocycles. The molecule has 2 aromatic heterocycles. The average molecular weight is 365 g/mol. The normalized spacial score (nSPS) is 11.5. The second-order valence-electron chi connectivity index (χ2n) is 6.01. The van der Waals surface area contributed by atoms with Crippen molar-refractivity contribution < 1.29 is 5.11 Å². The first-order chi connectivity index (χ1) is 10.3. The maximum atomic E-state index is 12.6. The van der Waals surface area contributed by atoms with E-state index >= 15 is 0 Å². The molecule has 0 bridgehead atoms. The SMILES string of the molecule is CC(C)Cn1c(=O)n(C)c(=O)c2c(SC(C)C)c(CO)sc21.[Na]. The number of aliphatic hydroxyl groups excluding tert-OH is 1. The van der Waals surface area contributed by atoms with Crippen LogP contribution in [0.4, 0.5) is 0 Å². The van der Waals surface area contributed by atoms with Gasteiger partial charge >= 0.3 is 5.69 Å². The minimum Gasteiger partial charge on any atom is -0.391 e. The minimum atomic E-state index is -0.293. The van der Waals surface area contributed by atoms with Gasteiger partial charge in [0.05, 0.1) is 12.0 Å². The molecule has 0 saturated heterocycles. The van der Waals surface area contributed by atoms with Crippen LogP contribution in [0.15, 0.2) is 14.5 Å². The van der Waals surface area contributed by atoms with Gasteiger partial charge in [-0.15, -0.1) is 23.1 Å². The molecule has 0 amide bonds. The van der Waals surface area contributed by atoms with E-state index in [0.29, 0.717) is 27.9 Å². The molecule has 2 heterocycles. The summed E-state index contributed by atoms with van der Waals surface area (Å²) >= 11 is 2.91. The van der Waals surface area contributed by atoms with Crippen LogP contribution in [0.1, 0.15) is 32.6 Å². The van der Waals surface area contributed by atoms with Gasteiger partial charge in [-0.05, 0) is 5.92 Å². The molecule has 5 nitrogen and oxygen atoms in total. The van der Waals surface area contributed by atoms with Crippen LogP contribution in [0.3, 0.4) is 0 Å². The summed E-state index contributed by atoms with van der Waals surface area (Å²) in [6.45, 7) is 8.60. The van der Waals surface area contributed by atoms with E-state index in [9.17, 15) is 14.7 Å². The predicted molar refractivity (Wildman–Crippen MR) is 98.8 cm³/mol. The first-order valence-corrected chi connectivity index (χ1v) is 9.00. The molecule has 1 radical (unpaired) electrons. The van der Waals surface area contributed by atoms with Crippen LogP contribution < -0.4 is 11.2 Å². The smallest absolute Gasteiger partial charge is 0.331 e. The molecular weight excluding hydrogens is 343 g/mol. The monoisotopic (exact) mass is 365 g/mol. The average Bonchev–Trinajstić information content (AvgIpc) is 2.78. The van der Waals surface area contributed by atoms with Crippen LogP contribution in [-0.4, -0.2) is 49.0 Å². The summed E-state index contributed by atoms with van der Waals surface area (Å²) in [4.78, 5) is 27.3. The van der Waals surface area contributed by atoms with Crippen molar-refractivity contribution in [2.45, 2.75) is 51.0 Å². The van der Waals surface area contributed by atoms with Crippen LogP contribution in [0, 0.1) is 5.92 Å². The fourth-order valence-electron chi connectivity index (χ4n) is 2.34. The number of rotatable bonds is 5. The minimum absolute atomic E-state index is 0. The van der Waals surface area contributed by atoms with Crippen molar-refractivity contribution in [2.24, 2.45) is 13.0 Å². The Morgan fingerprint density at radius 2 is 1.83 bits per heavy atom. The van der Waals surface area contributed by atoms with Crippen LogP contribution in [0.25, 0.3) is 10.2 Å². The molecule has 0 atom stereocenters. The summed E-state index contributed by atoms with van der Waals surface area (Å²) in [7, 11) is 1.51. The van der Waals surface area contributed by atoms with E-state index in [2.05, 4.69) is 0 Å². The van der Waals surface area contributed by atoms with Gasteiger partial charge in [0, 0.05) is 58.2 Å². The number of hydrogen-bond donors (Lipinski definition) is 1. The molecule has 0 aromatic carbocycles. The van der Waals surface area contributed by atoms with E-state index in [1.165, 1.54) is 23.0 Å². The van der Waals surface area contributed by atoms with Gasteiger partial charge in [-0.3, -0.25) is 13.9 Å². The fraction of sp³-hybridized carbons (Fsp3) is 0.600. The van der Waals surface area contributed by atoms with Gasteiger partial charge in [0.1, 0.15) is 4.83 Å². The summed E-state index contributed by atoms with van der Waals surface area (Å²) in [6, 6.07) is 0. The van der Waals surface area contributed by atoms with E-state index in [0.717, 1.165) is 9.77 Å². The number of thioether (sulfide) groups is 1. The van der Waals surface area contributed by atoms with Gasteiger partial charge in [-0.2, -0.15) is 0 Å². The van der Waals surface area contributed by atoms with Crippen molar-refractivity contribution in [1.29, 1.82) is 0 Å². The van der Waals surface area contributed by atoms with Crippen LogP contribution >= 0.6 is 23.1 Å². The Kier molecular flexibility index (Phi) is 7.63. The molecule has 2 aromatic rings. The summed E-state index contributed by atoms with van der Waals surface area (Å²) < 4.78 is 2.83.